The Balaban J connectivity index is 0.000000147. The summed E-state index contributed by atoms with van der Waals surface area (Å²) in [7, 11) is 9.02. The second kappa shape index (κ2) is 42.0. The molecule has 0 atom stereocenters. The quantitative estimate of drug-likeness (QED) is 0.0379. The van der Waals surface area contributed by atoms with Gasteiger partial charge in [0.2, 0.25) is 5.89 Å². The predicted molar refractivity (Wildman–Crippen MR) is 451 cm³/mol. The van der Waals surface area contributed by atoms with Gasteiger partial charge in [0.1, 0.15) is 71.2 Å². The van der Waals surface area contributed by atoms with Crippen LogP contribution in [-0.2, 0) is 32.1 Å². The van der Waals surface area contributed by atoms with Crippen molar-refractivity contribution < 1.29 is 46.0 Å². The summed E-state index contributed by atoms with van der Waals surface area (Å²) in [6, 6.07) is 31.6. The minimum absolute atomic E-state index is 0.00851. The van der Waals surface area contributed by atoms with Gasteiger partial charge in [0.15, 0.2) is 28.9 Å². The zero-order valence-corrected chi connectivity index (χ0v) is 68.2. The van der Waals surface area contributed by atoms with E-state index in [1.54, 1.807) is 154 Å². The molecule has 0 amide bonds. The van der Waals surface area contributed by atoms with Crippen LogP contribution in [-0.4, -0.2) is 139 Å². The van der Waals surface area contributed by atoms with Gasteiger partial charge in [-0.2, -0.15) is 0 Å². The number of hydrogen-bond acceptors (Lipinski definition) is 28. The molecule has 15 aromatic rings. The molecule has 0 radical (unpaired) electrons. The number of pyridine rings is 2. The van der Waals surface area contributed by atoms with Crippen molar-refractivity contribution in [2.45, 2.75) is 52.9 Å². The van der Waals surface area contributed by atoms with Gasteiger partial charge in [0.05, 0.1) is 134 Å². The Morgan fingerprint density at radius 3 is 1.23 bits per heavy atom. The van der Waals surface area contributed by atoms with Crippen LogP contribution < -0.4 is 24.5 Å². The van der Waals surface area contributed by atoms with E-state index in [9.17, 15) is 41.5 Å². The molecular formula is C87H75ClF4N20O6S2. The third-order valence-corrected chi connectivity index (χ3v) is 19.8. The average molecular weight is 1670 g/mol. The third kappa shape index (κ3) is 24.8. The highest BCUT2D eigenvalue weighted by molar-refractivity contribution is 7.10. The molecule has 0 N–H and O–H groups in total. The van der Waals surface area contributed by atoms with E-state index >= 15 is 0 Å². The van der Waals surface area contributed by atoms with Gasteiger partial charge in [-0.25, -0.2) is 82.4 Å². The van der Waals surface area contributed by atoms with Gasteiger partial charge in [-0.1, -0.05) is 29.8 Å². The molecular weight excluding hydrogens is 1600 g/mol. The number of ketones is 5. The molecule has 0 fully saturated rings. The summed E-state index contributed by atoms with van der Waals surface area (Å²) < 4.78 is 60.8. The molecule has 0 aliphatic rings. The van der Waals surface area contributed by atoms with Gasteiger partial charge in [-0.3, -0.25) is 33.9 Å². The highest BCUT2D eigenvalue weighted by Gasteiger charge is 2.21. The normalized spacial score (nSPS) is 10.5. The van der Waals surface area contributed by atoms with E-state index in [2.05, 4.69) is 74.8 Å². The molecule has 0 unspecified atom stereocenters. The molecule has 10 aromatic heterocycles. The lowest BCUT2D eigenvalue weighted by Crippen LogP contribution is -2.13. The molecule has 0 spiro atoms. The van der Waals surface area contributed by atoms with Crippen LogP contribution in [0.3, 0.4) is 0 Å². The molecule has 0 aliphatic heterocycles. The van der Waals surface area contributed by atoms with E-state index in [4.69, 9.17) is 16.0 Å². The monoisotopic (exact) mass is 1670 g/mol. The lowest BCUT2D eigenvalue weighted by Gasteiger charge is -2.19. The summed E-state index contributed by atoms with van der Waals surface area (Å²) >= 11 is 9.20. The number of rotatable bonds is 25. The number of Topliss-reactive ketones (excluding diaryl/α,β-unsaturated/α-hetero) is 5. The van der Waals surface area contributed by atoms with E-state index in [-0.39, 0.29) is 65.6 Å². The lowest BCUT2D eigenvalue weighted by atomic mass is 10.0. The lowest BCUT2D eigenvalue weighted by molar-refractivity contribution is 0.0977. The number of anilines is 10. The largest absolute Gasteiger partial charge is 0.448 e. The van der Waals surface area contributed by atoms with Gasteiger partial charge in [-0.05, 0) is 129 Å². The van der Waals surface area contributed by atoms with E-state index in [0.717, 1.165) is 50.1 Å². The minimum atomic E-state index is -0.564. The zero-order valence-electron chi connectivity index (χ0n) is 65.8. The number of aryl methyl sites for hydroxylation is 3. The van der Waals surface area contributed by atoms with E-state index in [1.807, 2.05) is 84.9 Å². The summed E-state index contributed by atoms with van der Waals surface area (Å²) in [6.45, 7) is 5.62. The molecule has 15 rings (SSSR count). The maximum Gasteiger partial charge on any atom is 0.202 e. The Kier molecular flexibility index (Phi) is 30.2. The molecule has 0 aliphatic carbocycles. The van der Waals surface area contributed by atoms with Crippen molar-refractivity contribution >= 4 is 120 Å². The second-order valence-electron chi connectivity index (χ2n) is 26.6. The van der Waals surface area contributed by atoms with Gasteiger partial charge in [-0.15, -0.1) is 22.7 Å². The van der Waals surface area contributed by atoms with Crippen molar-refractivity contribution in [1.29, 1.82) is 0 Å². The molecule has 120 heavy (non-hydrogen) atoms. The number of oxazole rings is 1. The first-order valence-corrected chi connectivity index (χ1v) is 38.6. The van der Waals surface area contributed by atoms with E-state index in [0.29, 0.717) is 79.5 Å². The van der Waals surface area contributed by atoms with Gasteiger partial charge >= 0.3 is 0 Å². The topological polar surface area (TPSA) is 308 Å². The van der Waals surface area contributed by atoms with E-state index in [1.165, 1.54) is 109 Å². The molecule has 5 aromatic carbocycles. The Labute approximate surface area is 700 Å². The molecule has 0 saturated heterocycles. The fourth-order valence-corrected chi connectivity index (χ4v) is 13.0. The first-order valence-electron chi connectivity index (χ1n) is 36.5. The summed E-state index contributed by atoms with van der Waals surface area (Å²) in [6.07, 6.45) is 30.4. The number of halogens is 5. The van der Waals surface area contributed by atoms with Crippen molar-refractivity contribution in [3.8, 4) is 0 Å². The molecule has 26 nitrogen and oxygen atoms in total. The van der Waals surface area contributed by atoms with Crippen LogP contribution in [0, 0.1) is 44.0 Å². The first-order chi connectivity index (χ1) is 57.9. The van der Waals surface area contributed by atoms with E-state index < -0.39 is 29.1 Å². The minimum Gasteiger partial charge on any atom is -0.448 e. The maximum atomic E-state index is 14.0. The smallest absolute Gasteiger partial charge is 0.202 e. The second-order valence-corrected chi connectivity index (χ2v) is 28.9. The van der Waals surface area contributed by atoms with Crippen LogP contribution in [0.2, 0.25) is 5.02 Å². The van der Waals surface area contributed by atoms with Crippen LogP contribution in [0.5, 0.6) is 0 Å². The SMILES string of the molecule is CN(c1cncnc1)c1cc(F)cc(C(=O)Cc2ncccc2F)c1.CN(c1cncnc1)c1cccc(C(=O)Cc2nccs2)c1.Cc1ccc(CC(=O)c2cc(F)cc(N(C)c3cncnc3)c2)nc1.Cc1coc(CC(=O)c2cc(F)cc(N(C)c3cncnc3)c2)n1.Cc1csc(CC(=O)c2cc(Cl)cc(N(C)c3cncnc3)c2)n1. The summed E-state index contributed by atoms with van der Waals surface area (Å²) in [4.78, 5) is 131. The number of hydrogen-bond donors (Lipinski definition) is 0. The summed E-state index contributed by atoms with van der Waals surface area (Å²) in [5.74, 6) is -2.60. The van der Waals surface area contributed by atoms with Crippen LogP contribution in [0.4, 0.5) is 74.4 Å². The predicted octanol–water partition coefficient (Wildman–Crippen LogP) is 17.2. The fourth-order valence-electron chi connectivity index (χ4n) is 11.4. The van der Waals surface area contributed by atoms with Crippen LogP contribution in [0.1, 0.15) is 96.0 Å². The molecule has 606 valence electrons. The molecule has 0 saturated carbocycles. The summed E-state index contributed by atoms with van der Waals surface area (Å²) in [5, 5.41) is 5.97. The summed E-state index contributed by atoms with van der Waals surface area (Å²) in [5.41, 5.74) is 12.2. The molecule has 10 heterocycles. The number of nitrogens with zero attached hydrogens (tertiary/aromatic N) is 20. The Bertz CT molecular complexity index is 5820. The van der Waals surface area contributed by atoms with Crippen LogP contribution in [0.15, 0.2) is 255 Å². The number of benzene rings is 5. The number of carbonyl (C=O) groups is 5. The van der Waals surface area contributed by atoms with Crippen LogP contribution in [0.25, 0.3) is 0 Å². The van der Waals surface area contributed by atoms with Gasteiger partial charge in [0, 0.05) is 137 Å². The van der Waals surface area contributed by atoms with Gasteiger partial charge < -0.3 is 28.9 Å². The highest BCUT2D eigenvalue weighted by atomic mass is 35.5. The Morgan fingerprint density at radius 1 is 0.375 bits per heavy atom. The maximum absolute atomic E-state index is 14.0. The van der Waals surface area contributed by atoms with Crippen molar-refractivity contribution in [1.82, 2.24) is 74.8 Å². The Morgan fingerprint density at radius 2 is 0.800 bits per heavy atom. The third-order valence-electron chi connectivity index (χ3n) is 17.8. The zero-order chi connectivity index (χ0) is 85.2. The average Bonchev–Trinajstić information content (AvgIpc) is 0.950. The number of aromatic nitrogens is 15. The first kappa shape index (κ1) is 86.5. The van der Waals surface area contributed by atoms with Crippen molar-refractivity contribution in [2.24, 2.45) is 0 Å². The molecule has 33 heteroatoms. The van der Waals surface area contributed by atoms with Gasteiger partial charge in [0.25, 0.3) is 0 Å². The fraction of sp³-hybridized carbons (Fsp3) is 0.149. The Hall–Kier alpha value is -14.4. The number of carbonyl (C=O) groups excluding carboxylic acids is 5. The highest BCUT2D eigenvalue weighted by Crippen LogP contribution is 2.32. The van der Waals surface area contributed by atoms with Crippen molar-refractivity contribution in [3.05, 3.63) is 351 Å². The van der Waals surface area contributed by atoms with Crippen molar-refractivity contribution in [3.63, 3.8) is 0 Å². The standard InChI is InChI=1S/C19H17FN4O.C18H14F2N4O.C17H15ClN4OS.C17H15FN4O2.C16H14N4OS/c1-13-3-4-16(23-9-13)8-19(25)14-5-15(20)7-17(6-14)24(2)18-10-21-12-22-11-18;1-24(15-9-21-11-22-10-15)14-6-12(5-13(19)7-14)18(25)8-17-16(20)3-2-4-23-17;2*1-11-9-24-17(21-11)6-16(23)12-3-13(18)5-14(4-12)22(2)15-7-19-10-20-8-15;1-20(14-9-17-11-18-10-14)13-4-2-3-12(7-13)15(21)8-16-19-5-6-22-16/h3-7,9-12H,8H2,1-2H3;2-7,9-11H,8H2,1H3;2*3-5,7-10H,6H2,1-2H3;2-7,9-11H,8H2,1H3. The van der Waals surface area contributed by atoms with Crippen LogP contribution >= 0.6 is 34.3 Å². The number of thiazole rings is 2. The molecule has 0 bridgehead atoms. The van der Waals surface area contributed by atoms with Crippen molar-refractivity contribution in [2.75, 3.05) is 59.7 Å².